The van der Waals surface area contributed by atoms with Crippen molar-refractivity contribution in [2.45, 2.75) is 26.3 Å². The maximum atomic E-state index is 12.5. The van der Waals surface area contributed by atoms with Gasteiger partial charge < -0.3 is 14.7 Å². The lowest BCUT2D eigenvalue weighted by Gasteiger charge is -2.18. The first-order chi connectivity index (χ1) is 14.1. The predicted molar refractivity (Wildman–Crippen MR) is 111 cm³/mol. The molecule has 1 aliphatic rings. The van der Waals surface area contributed by atoms with Crippen LogP contribution in [-0.2, 0) is 4.79 Å². The Balaban J connectivity index is 1.35. The molecule has 29 heavy (non-hydrogen) atoms. The van der Waals surface area contributed by atoms with E-state index in [0.29, 0.717) is 17.3 Å². The van der Waals surface area contributed by atoms with Crippen LogP contribution in [0.3, 0.4) is 0 Å². The molecule has 0 bridgehead atoms. The topological polar surface area (TPSA) is 84.2 Å². The molecule has 3 aromatic rings. The van der Waals surface area contributed by atoms with Gasteiger partial charge in [-0.2, -0.15) is 4.98 Å². The number of amides is 1. The van der Waals surface area contributed by atoms with Gasteiger partial charge in [-0.15, -0.1) is 0 Å². The largest absolute Gasteiger partial charge is 0.354 e. The summed E-state index contributed by atoms with van der Waals surface area (Å²) in [5.74, 6) is 1.90. The van der Waals surface area contributed by atoms with Gasteiger partial charge in [0.2, 0.25) is 5.91 Å². The molecule has 3 heterocycles. The third-order valence-corrected chi connectivity index (χ3v) is 4.91. The monoisotopic (exact) mass is 389 g/mol. The summed E-state index contributed by atoms with van der Waals surface area (Å²) >= 11 is 0. The number of carbonyl (C=O) groups is 1. The standard InChI is InChI=1S/C22H23N5O2/c1-15(12-17-6-4-3-5-7-17)21(28)25-19-10-11-27(14-19)20-9-8-18(13-23-20)22-24-16(2)26-29-22/h3-9,12-13,19H,10-11,14H2,1-2H3,(H,25,28)/b15-12+. The fraction of sp³-hybridized carbons (Fsp3) is 0.273. The van der Waals surface area contributed by atoms with E-state index in [1.807, 2.05) is 55.5 Å². The van der Waals surface area contributed by atoms with Crippen LogP contribution in [0.15, 0.2) is 58.8 Å². The van der Waals surface area contributed by atoms with Gasteiger partial charge in [0, 0.05) is 30.9 Å². The third kappa shape index (κ3) is 4.51. The van der Waals surface area contributed by atoms with Crippen molar-refractivity contribution >= 4 is 17.8 Å². The van der Waals surface area contributed by atoms with Crippen LogP contribution in [0, 0.1) is 6.92 Å². The fourth-order valence-corrected chi connectivity index (χ4v) is 3.36. The van der Waals surface area contributed by atoms with Crippen LogP contribution in [0.2, 0.25) is 0 Å². The Morgan fingerprint density at radius 3 is 2.76 bits per heavy atom. The summed E-state index contributed by atoms with van der Waals surface area (Å²) < 4.78 is 5.17. The first kappa shape index (κ1) is 18.9. The quantitative estimate of drug-likeness (QED) is 0.675. The van der Waals surface area contributed by atoms with Gasteiger partial charge in [0.15, 0.2) is 5.82 Å². The van der Waals surface area contributed by atoms with Crippen LogP contribution in [0.4, 0.5) is 5.82 Å². The SMILES string of the molecule is C/C(=C\c1ccccc1)C(=O)NC1CCN(c2ccc(-c3nc(C)no3)cn2)C1. The highest BCUT2D eigenvalue weighted by molar-refractivity contribution is 5.97. The highest BCUT2D eigenvalue weighted by atomic mass is 16.5. The van der Waals surface area contributed by atoms with E-state index in [4.69, 9.17) is 4.52 Å². The lowest BCUT2D eigenvalue weighted by molar-refractivity contribution is -0.117. The lowest BCUT2D eigenvalue weighted by Crippen LogP contribution is -2.37. The molecule has 148 valence electrons. The molecule has 0 aliphatic carbocycles. The average molecular weight is 389 g/mol. The zero-order valence-corrected chi connectivity index (χ0v) is 16.5. The summed E-state index contributed by atoms with van der Waals surface area (Å²) in [6.07, 6.45) is 4.53. The van der Waals surface area contributed by atoms with Crippen molar-refractivity contribution in [3.05, 3.63) is 65.6 Å². The van der Waals surface area contributed by atoms with Crippen molar-refractivity contribution in [2.24, 2.45) is 0 Å². The smallest absolute Gasteiger partial charge is 0.259 e. The van der Waals surface area contributed by atoms with Crippen LogP contribution in [0.1, 0.15) is 24.7 Å². The number of benzene rings is 1. The summed E-state index contributed by atoms with van der Waals surface area (Å²) in [4.78, 5) is 23.4. The van der Waals surface area contributed by atoms with Gasteiger partial charge in [0.25, 0.3) is 5.89 Å². The molecule has 7 heteroatoms. The number of hydrogen-bond acceptors (Lipinski definition) is 6. The number of pyridine rings is 1. The molecule has 2 aromatic heterocycles. The maximum Gasteiger partial charge on any atom is 0.259 e. The van der Waals surface area contributed by atoms with Crippen molar-refractivity contribution in [1.29, 1.82) is 0 Å². The van der Waals surface area contributed by atoms with Crippen LogP contribution >= 0.6 is 0 Å². The van der Waals surface area contributed by atoms with Gasteiger partial charge in [-0.05, 0) is 44.0 Å². The van der Waals surface area contributed by atoms with E-state index in [2.05, 4.69) is 25.3 Å². The van der Waals surface area contributed by atoms with Gasteiger partial charge in [-0.1, -0.05) is 35.5 Å². The molecule has 1 aliphatic heterocycles. The van der Waals surface area contributed by atoms with E-state index in [9.17, 15) is 4.79 Å². The summed E-state index contributed by atoms with van der Waals surface area (Å²) in [5, 5.41) is 6.93. The van der Waals surface area contributed by atoms with Gasteiger partial charge in [0.05, 0.1) is 5.56 Å². The molecule has 1 saturated heterocycles. The Labute approximate surface area is 169 Å². The number of nitrogens with zero attached hydrogens (tertiary/aromatic N) is 4. The number of rotatable bonds is 5. The molecule has 0 saturated carbocycles. The van der Waals surface area contributed by atoms with Crippen LogP contribution in [-0.4, -0.2) is 40.2 Å². The minimum atomic E-state index is -0.0317. The fourth-order valence-electron chi connectivity index (χ4n) is 3.36. The highest BCUT2D eigenvalue weighted by Crippen LogP contribution is 2.22. The van der Waals surface area contributed by atoms with Crippen molar-refractivity contribution in [1.82, 2.24) is 20.4 Å². The Morgan fingerprint density at radius 2 is 2.07 bits per heavy atom. The Bertz CT molecular complexity index is 1010. The van der Waals surface area contributed by atoms with Crippen molar-refractivity contribution < 1.29 is 9.32 Å². The highest BCUT2D eigenvalue weighted by Gasteiger charge is 2.25. The molecule has 1 N–H and O–H groups in total. The zero-order valence-electron chi connectivity index (χ0n) is 16.5. The summed E-state index contributed by atoms with van der Waals surface area (Å²) in [6, 6.07) is 13.8. The molecular weight excluding hydrogens is 366 g/mol. The number of nitrogens with one attached hydrogen (secondary N) is 1. The van der Waals surface area contributed by atoms with E-state index in [1.54, 1.807) is 13.1 Å². The van der Waals surface area contributed by atoms with Gasteiger partial charge >= 0.3 is 0 Å². The number of carbonyl (C=O) groups excluding carboxylic acids is 1. The second kappa shape index (κ2) is 8.26. The number of aromatic nitrogens is 3. The van der Waals surface area contributed by atoms with E-state index in [1.165, 1.54) is 0 Å². The molecule has 1 unspecified atom stereocenters. The second-order valence-electron chi connectivity index (χ2n) is 7.19. The maximum absolute atomic E-state index is 12.5. The summed E-state index contributed by atoms with van der Waals surface area (Å²) in [6.45, 7) is 5.20. The average Bonchev–Trinajstić information content (AvgIpc) is 3.38. The molecule has 4 rings (SSSR count). The molecule has 1 amide bonds. The Morgan fingerprint density at radius 1 is 1.24 bits per heavy atom. The van der Waals surface area contributed by atoms with E-state index in [0.717, 1.165) is 36.5 Å². The summed E-state index contributed by atoms with van der Waals surface area (Å²) in [7, 11) is 0. The van der Waals surface area contributed by atoms with E-state index < -0.39 is 0 Å². The first-order valence-electron chi connectivity index (χ1n) is 9.64. The van der Waals surface area contributed by atoms with Crippen molar-refractivity contribution in [3.8, 4) is 11.5 Å². The molecule has 0 radical (unpaired) electrons. The molecule has 0 spiro atoms. The van der Waals surface area contributed by atoms with Crippen LogP contribution < -0.4 is 10.2 Å². The van der Waals surface area contributed by atoms with E-state index in [-0.39, 0.29) is 11.9 Å². The normalized spacial score (nSPS) is 16.8. The minimum Gasteiger partial charge on any atom is -0.354 e. The minimum absolute atomic E-state index is 0.0317. The first-order valence-corrected chi connectivity index (χ1v) is 9.64. The van der Waals surface area contributed by atoms with Gasteiger partial charge in [-0.25, -0.2) is 4.98 Å². The number of anilines is 1. The van der Waals surface area contributed by atoms with Crippen LogP contribution in [0.5, 0.6) is 0 Å². The molecule has 1 fully saturated rings. The number of aryl methyl sites for hydroxylation is 1. The van der Waals surface area contributed by atoms with Gasteiger partial charge in [0.1, 0.15) is 5.82 Å². The third-order valence-electron chi connectivity index (χ3n) is 4.91. The van der Waals surface area contributed by atoms with Gasteiger partial charge in [-0.3, -0.25) is 4.79 Å². The zero-order chi connectivity index (χ0) is 20.2. The van der Waals surface area contributed by atoms with E-state index >= 15 is 0 Å². The van der Waals surface area contributed by atoms with Crippen molar-refractivity contribution in [3.63, 3.8) is 0 Å². The van der Waals surface area contributed by atoms with Crippen molar-refractivity contribution in [2.75, 3.05) is 18.0 Å². The Kier molecular flexibility index (Phi) is 5.37. The molecule has 1 aromatic carbocycles. The molecule has 1 atom stereocenters. The molecular formula is C22H23N5O2. The molecule has 7 nitrogen and oxygen atoms in total. The van der Waals surface area contributed by atoms with Crippen LogP contribution in [0.25, 0.3) is 17.5 Å². The Hall–Kier alpha value is -3.48. The second-order valence-corrected chi connectivity index (χ2v) is 7.19. The summed E-state index contributed by atoms with van der Waals surface area (Å²) in [5.41, 5.74) is 2.51. The lowest BCUT2D eigenvalue weighted by atomic mass is 10.1. The predicted octanol–water partition coefficient (Wildman–Crippen LogP) is 3.24. The number of hydrogen-bond donors (Lipinski definition) is 1.